The van der Waals surface area contributed by atoms with Crippen LogP contribution in [0.25, 0.3) is 11.3 Å². The third-order valence-electron chi connectivity index (χ3n) is 11.1. The van der Waals surface area contributed by atoms with E-state index in [-0.39, 0.29) is 24.0 Å². The molecule has 0 aromatic carbocycles. The maximum Gasteiger partial charge on any atom is 0.410 e. The number of anilines is 1. The molecule has 4 heterocycles. The van der Waals surface area contributed by atoms with E-state index in [2.05, 4.69) is 13.0 Å². The average Bonchev–Trinajstić information content (AvgIpc) is 3.82. The molecule has 4 aliphatic rings. The van der Waals surface area contributed by atoms with Crippen molar-refractivity contribution in [2.24, 2.45) is 17.8 Å². The number of carbonyl (C=O) groups is 2. The lowest BCUT2D eigenvalue weighted by Crippen LogP contribution is -2.50. The first kappa shape index (κ1) is 32.6. The molecule has 3 aromatic heterocycles. The monoisotopic (exact) mass is 655 g/mol. The number of ether oxygens (including phenoxy) is 2. The summed E-state index contributed by atoms with van der Waals surface area (Å²) < 4.78 is 17.1. The van der Waals surface area contributed by atoms with Crippen LogP contribution < -0.4 is 9.64 Å². The summed E-state index contributed by atoms with van der Waals surface area (Å²) in [5, 5.41) is 0. The van der Waals surface area contributed by atoms with Crippen LogP contribution in [0.4, 0.5) is 10.6 Å². The van der Waals surface area contributed by atoms with Crippen molar-refractivity contribution in [1.82, 2.24) is 19.9 Å². The van der Waals surface area contributed by atoms with Gasteiger partial charge in [0, 0.05) is 54.8 Å². The third kappa shape index (κ3) is 7.22. The lowest BCUT2D eigenvalue weighted by atomic mass is 9.79. The lowest BCUT2D eigenvalue weighted by Gasteiger charge is -2.39. The van der Waals surface area contributed by atoms with Gasteiger partial charge in [-0.15, -0.1) is 0 Å². The Hall–Kier alpha value is -3.95. The van der Waals surface area contributed by atoms with Crippen LogP contribution in [0.2, 0.25) is 0 Å². The van der Waals surface area contributed by atoms with Crippen molar-refractivity contribution in [2.75, 3.05) is 31.6 Å². The van der Waals surface area contributed by atoms with E-state index >= 15 is 0 Å². The second-order valence-electron chi connectivity index (χ2n) is 14.5. The Morgan fingerprint density at radius 1 is 0.938 bits per heavy atom. The van der Waals surface area contributed by atoms with Gasteiger partial charge in [-0.05, 0) is 114 Å². The fourth-order valence-corrected chi connectivity index (χ4v) is 7.71. The molecule has 2 amide bonds. The van der Waals surface area contributed by atoms with Gasteiger partial charge in [0.25, 0.3) is 0 Å². The SMILES string of the molecule is CCC1CN(C(=O)O[C@H]2CC[C@H](C(=O)N(C[C@H]3CC[C@H](c4ccc(OC)c(C)n4)CC3)c3cc(-c4coc(C5CC5)n4)ccn3)CC2)C1. The number of pyridine rings is 2. The Labute approximate surface area is 283 Å². The van der Waals surface area contributed by atoms with Crippen LogP contribution in [0.5, 0.6) is 5.75 Å². The molecule has 0 spiro atoms. The minimum atomic E-state index is -0.203. The number of amides is 2. The van der Waals surface area contributed by atoms with Crippen molar-refractivity contribution >= 4 is 17.8 Å². The molecule has 256 valence electrons. The fourth-order valence-electron chi connectivity index (χ4n) is 7.71. The van der Waals surface area contributed by atoms with E-state index in [1.807, 2.05) is 30.0 Å². The maximum absolute atomic E-state index is 14.4. The van der Waals surface area contributed by atoms with Crippen LogP contribution in [0, 0.1) is 24.7 Å². The molecule has 1 aliphatic heterocycles. The van der Waals surface area contributed by atoms with Crippen LogP contribution in [0.1, 0.15) is 107 Å². The molecule has 0 bridgehead atoms. The van der Waals surface area contributed by atoms with Gasteiger partial charge in [-0.2, -0.15) is 0 Å². The molecule has 0 unspecified atom stereocenters. The lowest BCUT2D eigenvalue weighted by molar-refractivity contribution is -0.124. The van der Waals surface area contributed by atoms with Crippen LogP contribution in [-0.2, 0) is 9.53 Å². The average molecular weight is 656 g/mol. The minimum Gasteiger partial charge on any atom is -0.495 e. The zero-order valence-electron chi connectivity index (χ0n) is 28.6. The van der Waals surface area contributed by atoms with E-state index in [0.717, 1.165) is 92.3 Å². The Bertz CT molecular complexity index is 1580. The van der Waals surface area contributed by atoms with Crippen molar-refractivity contribution < 1.29 is 23.5 Å². The summed E-state index contributed by atoms with van der Waals surface area (Å²) in [6, 6.07) is 8.05. The summed E-state index contributed by atoms with van der Waals surface area (Å²) in [6.45, 7) is 6.37. The van der Waals surface area contributed by atoms with E-state index < -0.39 is 0 Å². The number of hydrogen-bond acceptors (Lipinski definition) is 8. The first-order valence-corrected chi connectivity index (χ1v) is 18.1. The minimum absolute atomic E-state index is 0.117. The molecule has 3 aliphatic carbocycles. The second-order valence-corrected chi connectivity index (χ2v) is 14.5. The predicted octanol–water partition coefficient (Wildman–Crippen LogP) is 7.67. The van der Waals surface area contributed by atoms with Gasteiger partial charge in [0.2, 0.25) is 5.91 Å². The molecular formula is C38H49N5O5. The number of oxazole rings is 1. The van der Waals surface area contributed by atoms with Gasteiger partial charge in [-0.1, -0.05) is 6.92 Å². The van der Waals surface area contributed by atoms with Crippen molar-refractivity contribution in [3.8, 4) is 17.0 Å². The van der Waals surface area contributed by atoms with Crippen LogP contribution in [0.3, 0.4) is 0 Å². The van der Waals surface area contributed by atoms with Crippen molar-refractivity contribution in [3.05, 3.63) is 54.0 Å². The fraction of sp³-hybridized carbons (Fsp3) is 0.605. The van der Waals surface area contributed by atoms with E-state index in [9.17, 15) is 9.59 Å². The summed E-state index contributed by atoms with van der Waals surface area (Å²) >= 11 is 0. The van der Waals surface area contributed by atoms with E-state index in [1.54, 1.807) is 24.5 Å². The van der Waals surface area contributed by atoms with Gasteiger partial charge in [-0.25, -0.2) is 14.8 Å². The van der Waals surface area contributed by atoms with Crippen LogP contribution in [0.15, 0.2) is 41.1 Å². The molecule has 48 heavy (non-hydrogen) atoms. The number of rotatable bonds is 10. The van der Waals surface area contributed by atoms with Crippen LogP contribution in [-0.4, -0.2) is 64.7 Å². The highest BCUT2D eigenvalue weighted by atomic mass is 16.6. The van der Waals surface area contributed by atoms with E-state index in [1.165, 1.54) is 0 Å². The normalized spacial score (nSPS) is 24.5. The quantitative estimate of drug-likeness (QED) is 0.219. The Balaban J connectivity index is 1.03. The first-order chi connectivity index (χ1) is 23.4. The molecule has 7 rings (SSSR count). The molecule has 3 saturated carbocycles. The zero-order valence-corrected chi connectivity index (χ0v) is 28.6. The van der Waals surface area contributed by atoms with Gasteiger partial charge >= 0.3 is 6.09 Å². The Kier molecular flexibility index (Phi) is 9.69. The number of hydrogen-bond donors (Lipinski definition) is 0. The summed E-state index contributed by atoms with van der Waals surface area (Å²) in [5.41, 5.74) is 3.74. The largest absolute Gasteiger partial charge is 0.495 e. The van der Waals surface area contributed by atoms with Crippen molar-refractivity contribution in [1.29, 1.82) is 0 Å². The third-order valence-corrected chi connectivity index (χ3v) is 11.1. The van der Waals surface area contributed by atoms with Crippen molar-refractivity contribution in [2.45, 2.75) is 102 Å². The second kappa shape index (κ2) is 14.3. The number of aryl methyl sites for hydroxylation is 1. The number of likely N-dealkylation sites (tertiary alicyclic amines) is 1. The molecular weight excluding hydrogens is 606 g/mol. The Morgan fingerprint density at radius 2 is 1.69 bits per heavy atom. The molecule has 0 radical (unpaired) electrons. The maximum atomic E-state index is 14.4. The number of carbonyl (C=O) groups excluding carboxylic acids is 2. The molecule has 10 heteroatoms. The van der Waals surface area contributed by atoms with Gasteiger partial charge in [0.15, 0.2) is 5.89 Å². The predicted molar refractivity (Wildman–Crippen MR) is 182 cm³/mol. The number of nitrogens with zero attached hydrogens (tertiary/aromatic N) is 5. The van der Waals surface area contributed by atoms with E-state index in [0.29, 0.717) is 61.7 Å². The summed E-state index contributed by atoms with van der Waals surface area (Å²) in [7, 11) is 1.68. The summed E-state index contributed by atoms with van der Waals surface area (Å²) in [4.78, 5) is 45.1. The number of aromatic nitrogens is 3. The summed E-state index contributed by atoms with van der Waals surface area (Å²) in [5.74, 6) is 4.06. The van der Waals surface area contributed by atoms with Crippen molar-refractivity contribution in [3.63, 3.8) is 0 Å². The van der Waals surface area contributed by atoms with Crippen LogP contribution >= 0.6 is 0 Å². The molecule has 0 N–H and O–H groups in total. The van der Waals surface area contributed by atoms with Gasteiger partial charge in [0.1, 0.15) is 29.6 Å². The standard InChI is InChI=1S/C38H49N5O5/c1-4-25-20-42(21-25)38(45)48-31-13-11-29(12-14-31)37(44)43(35-19-30(17-18-39-35)33-23-47-36(41-33)28-9-10-28)22-26-5-7-27(8-6-26)32-15-16-34(46-3)24(2)40-32/h15-19,23,25-29,31H,4-14,20-22H2,1-3H3/t26-,27-,29-,31-. The Morgan fingerprint density at radius 3 is 2.38 bits per heavy atom. The van der Waals surface area contributed by atoms with E-state index in [4.69, 9.17) is 28.8 Å². The molecule has 4 fully saturated rings. The highest BCUT2D eigenvalue weighted by Gasteiger charge is 2.37. The molecule has 1 saturated heterocycles. The molecule has 0 atom stereocenters. The van der Waals surface area contributed by atoms with Gasteiger partial charge in [-0.3, -0.25) is 14.7 Å². The number of methoxy groups -OCH3 is 1. The molecule has 3 aromatic rings. The smallest absolute Gasteiger partial charge is 0.410 e. The first-order valence-electron chi connectivity index (χ1n) is 18.1. The zero-order chi connectivity index (χ0) is 33.2. The van der Waals surface area contributed by atoms with Gasteiger partial charge in [0.05, 0.1) is 12.8 Å². The highest BCUT2D eigenvalue weighted by molar-refractivity contribution is 5.94. The molecule has 10 nitrogen and oxygen atoms in total. The van der Waals surface area contributed by atoms with Gasteiger partial charge < -0.3 is 18.8 Å². The highest BCUT2D eigenvalue weighted by Crippen LogP contribution is 2.41. The topological polar surface area (TPSA) is 111 Å². The summed E-state index contributed by atoms with van der Waals surface area (Å²) in [6.07, 6.45) is 13.4.